The Hall–Kier alpha value is -4.25. The quantitative estimate of drug-likeness (QED) is 0.148. The second-order valence-corrected chi connectivity index (χ2v) is 8.81. The van der Waals surface area contributed by atoms with Gasteiger partial charge in [-0.1, -0.05) is 56.3 Å². The molecule has 0 fully saturated rings. The van der Waals surface area contributed by atoms with Gasteiger partial charge in [-0.3, -0.25) is 5.43 Å². The number of halogens is 3. The Kier molecular flexibility index (Phi) is 8.37. The second kappa shape index (κ2) is 11.9. The van der Waals surface area contributed by atoms with E-state index < -0.39 is 6.36 Å². The number of aromatic nitrogens is 3. The van der Waals surface area contributed by atoms with Crippen LogP contribution < -0.4 is 15.5 Å². The summed E-state index contributed by atoms with van der Waals surface area (Å²) in [6, 6.07) is 20.8. The number of hydrogen-bond acceptors (Lipinski definition) is 5. The number of alkyl halides is 3. The third-order valence-corrected chi connectivity index (χ3v) is 5.92. The second-order valence-electron chi connectivity index (χ2n) is 8.40. The Labute approximate surface area is 223 Å². The van der Waals surface area contributed by atoms with Crippen LogP contribution >= 0.6 is 12.2 Å². The van der Waals surface area contributed by atoms with Gasteiger partial charge in [-0.2, -0.15) is 5.10 Å². The molecule has 3 aromatic carbocycles. The predicted octanol–water partition coefficient (Wildman–Crippen LogP) is 6.67. The first-order valence-corrected chi connectivity index (χ1v) is 12.2. The number of nitrogens with zero attached hydrogens (tertiary/aromatic N) is 4. The van der Waals surface area contributed by atoms with Crippen LogP contribution in [0.15, 0.2) is 84.2 Å². The average molecular weight is 539 g/mol. The lowest BCUT2D eigenvalue weighted by Gasteiger charge is -2.16. The lowest BCUT2D eigenvalue weighted by Crippen LogP contribution is -2.24. The Morgan fingerprint density at radius 1 is 1.08 bits per heavy atom. The molecule has 0 saturated carbocycles. The molecule has 196 valence electrons. The molecule has 0 aliphatic carbocycles. The van der Waals surface area contributed by atoms with Crippen LogP contribution in [0.4, 0.5) is 18.9 Å². The third-order valence-electron chi connectivity index (χ3n) is 5.73. The molecule has 0 saturated heterocycles. The highest BCUT2D eigenvalue weighted by Crippen LogP contribution is 2.26. The molecule has 0 radical (unpaired) electrons. The monoisotopic (exact) mass is 538 g/mol. The predicted molar refractivity (Wildman–Crippen MR) is 146 cm³/mol. The Morgan fingerprint density at radius 2 is 1.79 bits per heavy atom. The molecule has 1 heterocycles. The van der Waals surface area contributed by atoms with Crippen LogP contribution in [-0.4, -0.2) is 32.5 Å². The molecule has 11 heteroatoms. The Balaban J connectivity index is 1.34. The summed E-state index contributed by atoms with van der Waals surface area (Å²) < 4.78 is 42.4. The molecule has 4 rings (SSSR count). The maximum Gasteiger partial charge on any atom is 0.573 e. The summed E-state index contributed by atoms with van der Waals surface area (Å²) in [4.78, 5) is 4.29. The summed E-state index contributed by atoms with van der Waals surface area (Å²) in [5.74, 6) is 0.566. The number of ether oxygens (including phenoxy) is 1. The summed E-state index contributed by atoms with van der Waals surface area (Å²) in [6.07, 6.45) is -0.579. The fourth-order valence-electron chi connectivity index (χ4n) is 3.61. The van der Waals surface area contributed by atoms with Gasteiger partial charge >= 0.3 is 6.36 Å². The molecule has 0 bridgehead atoms. The zero-order valence-electron chi connectivity index (χ0n) is 20.6. The molecular weight excluding hydrogens is 513 g/mol. The molecule has 0 spiro atoms. The fourth-order valence-corrected chi connectivity index (χ4v) is 3.78. The largest absolute Gasteiger partial charge is 0.573 e. The average Bonchev–Trinajstić information content (AvgIpc) is 3.39. The molecule has 1 unspecified atom stereocenters. The topological polar surface area (TPSA) is 76.4 Å². The van der Waals surface area contributed by atoms with Crippen molar-refractivity contribution >= 4 is 29.2 Å². The van der Waals surface area contributed by atoms with Gasteiger partial charge in [0.25, 0.3) is 0 Å². The molecule has 7 nitrogen and oxygen atoms in total. The molecule has 1 atom stereocenters. The van der Waals surface area contributed by atoms with E-state index in [1.807, 2.05) is 42.5 Å². The van der Waals surface area contributed by atoms with E-state index in [0.717, 1.165) is 23.2 Å². The van der Waals surface area contributed by atoms with Crippen LogP contribution in [0.2, 0.25) is 0 Å². The fraction of sp³-hybridized carbons (Fsp3) is 0.185. The maximum atomic E-state index is 12.3. The van der Waals surface area contributed by atoms with Crippen molar-refractivity contribution in [1.29, 1.82) is 0 Å². The minimum absolute atomic E-state index is 0.305. The van der Waals surface area contributed by atoms with Crippen LogP contribution in [0, 0.1) is 0 Å². The van der Waals surface area contributed by atoms with E-state index in [4.69, 9.17) is 12.2 Å². The van der Waals surface area contributed by atoms with Crippen molar-refractivity contribution in [2.24, 2.45) is 5.10 Å². The number of para-hydroxylation sites is 1. The van der Waals surface area contributed by atoms with Crippen molar-refractivity contribution < 1.29 is 17.9 Å². The van der Waals surface area contributed by atoms with Crippen molar-refractivity contribution in [3.8, 4) is 22.8 Å². The smallest absolute Gasteiger partial charge is 0.406 e. The van der Waals surface area contributed by atoms with Crippen molar-refractivity contribution in [2.75, 3.05) is 5.32 Å². The van der Waals surface area contributed by atoms with E-state index in [1.165, 1.54) is 40.8 Å². The number of nitrogens with one attached hydrogen (secondary N) is 2. The standard InChI is InChI=1S/C27H25F3N6OS/c1-3-18(2)23-6-4-5-7-24(23)33-26(38)34-32-16-19-8-10-20(11-9-19)25-31-17-36(35-25)21-12-14-22(15-13-21)37-27(28,29)30/h4-18H,3H2,1-2H3,(H2,33,34,38). The molecule has 0 aliphatic rings. The van der Waals surface area contributed by atoms with Gasteiger partial charge < -0.3 is 10.1 Å². The molecule has 0 amide bonds. The van der Waals surface area contributed by atoms with Crippen LogP contribution in [0.5, 0.6) is 5.75 Å². The number of hydrazone groups is 1. The summed E-state index contributed by atoms with van der Waals surface area (Å²) in [5, 5.41) is 12.2. The summed E-state index contributed by atoms with van der Waals surface area (Å²) in [7, 11) is 0. The van der Waals surface area contributed by atoms with Crippen LogP contribution in [0.3, 0.4) is 0 Å². The summed E-state index contributed by atoms with van der Waals surface area (Å²) >= 11 is 5.38. The van der Waals surface area contributed by atoms with Gasteiger partial charge in [-0.05, 0) is 66.0 Å². The van der Waals surface area contributed by atoms with E-state index in [2.05, 4.69) is 50.6 Å². The number of thiocarbonyl (C=S) groups is 1. The number of rotatable bonds is 8. The van der Waals surface area contributed by atoms with Gasteiger partial charge in [0.1, 0.15) is 12.1 Å². The molecule has 2 N–H and O–H groups in total. The van der Waals surface area contributed by atoms with Gasteiger partial charge in [0, 0.05) is 11.3 Å². The van der Waals surface area contributed by atoms with Gasteiger partial charge in [-0.25, -0.2) is 9.67 Å². The van der Waals surface area contributed by atoms with Crippen molar-refractivity contribution in [3.05, 3.63) is 90.3 Å². The molecule has 4 aromatic rings. The van der Waals surface area contributed by atoms with Crippen molar-refractivity contribution in [1.82, 2.24) is 20.2 Å². The highest BCUT2D eigenvalue weighted by Gasteiger charge is 2.31. The van der Waals surface area contributed by atoms with E-state index in [9.17, 15) is 13.2 Å². The molecule has 38 heavy (non-hydrogen) atoms. The van der Waals surface area contributed by atoms with Gasteiger partial charge in [-0.15, -0.1) is 18.3 Å². The zero-order valence-corrected chi connectivity index (χ0v) is 21.4. The van der Waals surface area contributed by atoms with Crippen LogP contribution in [0.25, 0.3) is 17.1 Å². The number of hydrogen-bond donors (Lipinski definition) is 2. The lowest BCUT2D eigenvalue weighted by molar-refractivity contribution is -0.274. The maximum absolute atomic E-state index is 12.3. The minimum atomic E-state index is -4.74. The lowest BCUT2D eigenvalue weighted by atomic mass is 9.97. The van der Waals surface area contributed by atoms with Crippen molar-refractivity contribution in [2.45, 2.75) is 32.5 Å². The summed E-state index contributed by atoms with van der Waals surface area (Å²) in [5.41, 5.74) is 7.14. The van der Waals surface area contributed by atoms with E-state index >= 15 is 0 Å². The van der Waals surface area contributed by atoms with Gasteiger partial charge in [0.05, 0.1) is 11.9 Å². The van der Waals surface area contributed by atoms with Crippen LogP contribution in [0.1, 0.15) is 37.3 Å². The zero-order chi connectivity index (χ0) is 27.1. The first-order valence-electron chi connectivity index (χ1n) is 11.8. The van der Waals surface area contributed by atoms with Gasteiger partial charge in [0.2, 0.25) is 0 Å². The number of anilines is 1. The SMILES string of the molecule is CCC(C)c1ccccc1NC(=S)NN=Cc1ccc(-c2ncn(-c3ccc(OC(F)(F)F)cc3)n2)cc1. The molecule has 0 aliphatic heterocycles. The van der Waals surface area contributed by atoms with E-state index in [-0.39, 0.29) is 5.75 Å². The number of benzene rings is 3. The Bertz CT molecular complexity index is 1400. The molecular formula is C27H25F3N6OS. The van der Waals surface area contributed by atoms with Crippen molar-refractivity contribution in [3.63, 3.8) is 0 Å². The third kappa shape index (κ3) is 7.16. The summed E-state index contributed by atoms with van der Waals surface area (Å²) in [6.45, 7) is 4.32. The first kappa shape index (κ1) is 26.8. The highest BCUT2D eigenvalue weighted by molar-refractivity contribution is 7.80. The minimum Gasteiger partial charge on any atom is -0.406 e. The van der Waals surface area contributed by atoms with Gasteiger partial charge in [0.15, 0.2) is 10.9 Å². The first-order chi connectivity index (χ1) is 18.2. The normalized spacial score (nSPS) is 12.3. The van der Waals surface area contributed by atoms with E-state index in [0.29, 0.717) is 22.5 Å². The van der Waals surface area contributed by atoms with E-state index in [1.54, 1.807) is 6.21 Å². The molecule has 1 aromatic heterocycles. The van der Waals surface area contributed by atoms with Crippen LogP contribution in [-0.2, 0) is 0 Å². The Morgan fingerprint density at radius 3 is 2.47 bits per heavy atom. The highest BCUT2D eigenvalue weighted by atomic mass is 32.1.